The topological polar surface area (TPSA) is 30.5 Å². The molecule has 4 heteroatoms. The van der Waals surface area contributed by atoms with Gasteiger partial charge in [0.05, 0.1) is 0 Å². The SMILES string of the molecule is C1CNCCNCCCN2CCN(C1)CC2. The fraction of sp³-hybridized carbons (Fsp3) is 1.00. The van der Waals surface area contributed by atoms with Crippen LogP contribution in [0.25, 0.3) is 0 Å². The molecule has 16 heavy (non-hydrogen) atoms. The van der Waals surface area contributed by atoms with Crippen molar-refractivity contribution < 1.29 is 0 Å². The molecule has 3 rings (SSSR count). The minimum Gasteiger partial charge on any atom is -0.315 e. The van der Waals surface area contributed by atoms with Crippen molar-refractivity contribution in [2.45, 2.75) is 12.8 Å². The largest absolute Gasteiger partial charge is 0.315 e. The normalized spacial score (nSPS) is 34.5. The van der Waals surface area contributed by atoms with Crippen LogP contribution in [0.2, 0.25) is 0 Å². The summed E-state index contributed by atoms with van der Waals surface area (Å²) < 4.78 is 0. The lowest BCUT2D eigenvalue weighted by Crippen LogP contribution is -2.47. The smallest absolute Gasteiger partial charge is 0.0110 e. The maximum atomic E-state index is 3.50. The van der Waals surface area contributed by atoms with Crippen molar-refractivity contribution in [2.75, 3.05) is 65.4 Å². The first-order valence-electron chi connectivity index (χ1n) is 6.81. The quantitative estimate of drug-likeness (QED) is 0.587. The van der Waals surface area contributed by atoms with Crippen molar-refractivity contribution >= 4 is 0 Å². The van der Waals surface area contributed by atoms with Gasteiger partial charge in [-0.1, -0.05) is 0 Å². The van der Waals surface area contributed by atoms with Crippen LogP contribution in [0.3, 0.4) is 0 Å². The third kappa shape index (κ3) is 4.37. The van der Waals surface area contributed by atoms with Crippen LogP contribution >= 0.6 is 0 Å². The van der Waals surface area contributed by atoms with Gasteiger partial charge in [-0.3, -0.25) is 0 Å². The Kier molecular flexibility index (Phi) is 5.55. The van der Waals surface area contributed by atoms with Crippen molar-refractivity contribution in [2.24, 2.45) is 0 Å². The minimum absolute atomic E-state index is 1.11. The Morgan fingerprint density at radius 3 is 1.38 bits per heavy atom. The predicted octanol–water partition coefficient (Wildman–Crippen LogP) is -0.423. The van der Waals surface area contributed by atoms with Crippen molar-refractivity contribution in [3.8, 4) is 0 Å². The van der Waals surface area contributed by atoms with Gasteiger partial charge in [0.25, 0.3) is 0 Å². The van der Waals surface area contributed by atoms with E-state index in [1.807, 2.05) is 0 Å². The first-order valence-corrected chi connectivity index (χ1v) is 6.81. The third-order valence-corrected chi connectivity index (χ3v) is 3.60. The molecule has 0 aromatic rings. The zero-order chi connectivity index (χ0) is 11.1. The van der Waals surface area contributed by atoms with Crippen molar-refractivity contribution in [1.29, 1.82) is 0 Å². The van der Waals surface area contributed by atoms with E-state index in [4.69, 9.17) is 0 Å². The molecule has 0 aromatic heterocycles. The van der Waals surface area contributed by atoms with Crippen LogP contribution in [0.4, 0.5) is 0 Å². The van der Waals surface area contributed by atoms with Crippen LogP contribution in [0.5, 0.6) is 0 Å². The summed E-state index contributed by atoms with van der Waals surface area (Å²) in [5, 5.41) is 6.99. The highest BCUT2D eigenvalue weighted by Gasteiger charge is 2.15. The lowest BCUT2D eigenvalue weighted by molar-refractivity contribution is 0.130. The van der Waals surface area contributed by atoms with Crippen molar-refractivity contribution in [1.82, 2.24) is 20.4 Å². The van der Waals surface area contributed by atoms with Gasteiger partial charge in [0.2, 0.25) is 0 Å². The highest BCUT2D eigenvalue weighted by molar-refractivity contribution is 4.72. The van der Waals surface area contributed by atoms with Crippen LogP contribution in [0.15, 0.2) is 0 Å². The fourth-order valence-corrected chi connectivity index (χ4v) is 2.52. The zero-order valence-electron chi connectivity index (χ0n) is 10.4. The summed E-state index contributed by atoms with van der Waals surface area (Å²) in [6.07, 6.45) is 2.58. The van der Waals surface area contributed by atoms with E-state index in [0.29, 0.717) is 0 Å². The summed E-state index contributed by atoms with van der Waals surface area (Å²) >= 11 is 0. The van der Waals surface area contributed by atoms with Gasteiger partial charge in [0, 0.05) is 39.3 Å². The number of hydrogen-bond acceptors (Lipinski definition) is 4. The van der Waals surface area contributed by atoms with E-state index in [1.54, 1.807) is 0 Å². The van der Waals surface area contributed by atoms with Crippen LogP contribution in [0.1, 0.15) is 12.8 Å². The van der Waals surface area contributed by atoms with E-state index >= 15 is 0 Å². The maximum absolute atomic E-state index is 3.50. The number of piperazine rings is 1. The lowest BCUT2D eigenvalue weighted by atomic mass is 10.2. The Hall–Kier alpha value is -0.160. The van der Waals surface area contributed by atoms with Gasteiger partial charge >= 0.3 is 0 Å². The van der Waals surface area contributed by atoms with E-state index in [-0.39, 0.29) is 0 Å². The Bertz CT molecular complexity index is 152. The summed E-state index contributed by atoms with van der Waals surface area (Å²) in [5.41, 5.74) is 0. The Morgan fingerprint density at radius 2 is 0.938 bits per heavy atom. The lowest BCUT2D eigenvalue weighted by Gasteiger charge is -2.34. The van der Waals surface area contributed by atoms with Gasteiger partial charge < -0.3 is 20.4 Å². The molecular formula is C12H26N4. The van der Waals surface area contributed by atoms with Gasteiger partial charge in [-0.05, 0) is 39.0 Å². The summed E-state index contributed by atoms with van der Waals surface area (Å²) in [7, 11) is 0. The van der Waals surface area contributed by atoms with E-state index in [9.17, 15) is 0 Å². The molecule has 2 N–H and O–H groups in total. The molecule has 3 heterocycles. The molecule has 0 amide bonds. The molecule has 3 fully saturated rings. The van der Waals surface area contributed by atoms with Gasteiger partial charge in [-0.2, -0.15) is 0 Å². The molecule has 0 spiro atoms. The number of fused-ring (bicyclic) bond motifs is 11. The molecule has 2 bridgehead atoms. The van der Waals surface area contributed by atoms with E-state index in [0.717, 1.165) is 13.1 Å². The summed E-state index contributed by atoms with van der Waals surface area (Å²) in [6.45, 7) is 12.2. The first-order chi connectivity index (χ1) is 7.95. The first kappa shape index (κ1) is 12.3. The van der Waals surface area contributed by atoms with Crippen molar-refractivity contribution in [3.05, 3.63) is 0 Å². The van der Waals surface area contributed by atoms with Crippen LogP contribution in [-0.4, -0.2) is 75.2 Å². The van der Waals surface area contributed by atoms with Gasteiger partial charge in [-0.15, -0.1) is 0 Å². The number of hydrogen-bond donors (Lipinski definition) is 2. The van der Waals surface area contributed by atoms with Crippen LogP contribution < -0.4 is 10.6 Å². The summed E-state index contributed by atoms with van der Waals surface area (Å²) in [4.78, 5) is 5.23. The van der Waals surface area contributed by atoms with Gasteiger partial charge in [0.15, 0.2) is 0 Å². The number of nitrogens with zero attached hydrogens (tertiary/aromatic N) is 2. The molecule has 94 valence electrons. The molecule has 0 aliphatic carbocycles. The second kappa shape index (κ2) is 7.22. The molecule has 0 unspecified atom stereocenters. The minimum atomic E-state index is 1.11. The molecule has 0 radical (unpaired) electrons. The maximum Gasteiger partial charge on any atom is 0.0110 e. The second-order valence-electron chi connectivity index (χ2n) is 4.89. The molecule has 0 atom stereocenters. The Labute approximate surface area is 99.4 Å². The molecule has 4 nitrogen and oxygen atoms in total. The van der Waals surface area contributed by atoms with E-state index in [2.05, 4.69) is 20.4 Å². The van der Waals surface area contributed by atoms with Gasteiger partial charge in [-0.25, -0.2) is 0 Å². The Morgan fingerprint density at radius 1 is 0.500 bits per heavy atom. The molecule has 3 aliphatic rings. The predicted molar refractivity (Wildman–Crippen MR) is 67.9 cm³/mol. The van der Waals surface area contributed by atoms with Crippen LogP contribution in [0, 0.1) is 0 Å². The molecule has 3 saturated heterocycles. The van der Waals surface area contributed by atoms with Crippen LogP contribution in [-0.2, 0) is 0 Å². The highest BCUT2D eigenvalue weighted by atomic mass is 15.3. The van der Waals surface area contributed by atoms with Gasteiger partial charge in [0.1, 0.15) is 0 Å². The molecular weight excluding hydrogens is 200 g/mol. The molecule has 3 aliphatic heterocycles. The average Bonchev–Trinajstić information content (AvgIpc) is 2.33. The highest BCUT2D eigenvalue weighted by Crippen LogP contribution is 2.03. The van der Waals surface area contributed by atoms with E-state index < -0.39 is 0 Å². The number of rotatable bonds is 0. The third-order valence-electron chi connectivity index (χ3n) is 3.60. The Balaban J connectivity index is 1.73. The standard InChI is InChI=1S/C12H26N4/c1-3-13-5-6-14-4-2-8-16-11-9-15(7-1)10-12-16/h13-14H,1-12H2. The monoisotopic (exact) mass is 226 g/mol. The summed E-state index contributed by atoms with van der Waals surface area (Å²) in [6, 6.07) is 0. The molecule has 0 saturated carbocycles. The zero-order valence-corrected chi connectivity index (χ0v) is 10.4. The number of nitrogens with one attached hydrogen (secondary N) is 2. The van der Waals surface area contributed by atoms with Crippen molar-refractivity contribution in [3.63, 3.8) is 0 Å². The second-order valence-corrected chi connectivity index (χ2v) is 4.89. The summed E-state index contributed by atoms with van der Waals surface area (Å²) in [5.74, 6) is 0. The molecule has 0 aromatic carbocycles. The fourth-order valence-electron chi connectivity index (χ4n) is 2.52. The average molecular weight is 226 g/mol. The van der Waals surface area contributed by atoms with E-state index in [1.165, 1.54) is 65.2 Å².